The van der Waals surface area contributed by atoms with E-state index in [0.29, 0.717) is 4.99 Å². The van der Waals surface area contributed by atoms with Crippen molar-refractivity contribution < 1.29 is 4.79 Å². The third kappa shape index (κ3) is 2.59. The van der Waals surface area contributed by atoms with E-state index in [1.165, 1.54) is 0 Å². The fourth-order valence-corrected chi connectivity index (χ4v) is 2.32. The number of primary amides is 1. The second-order valence-corrected chi connectivity index (χ2v) is 4.82. The number of aromatic nitrogens is 1. The topological polar surface area (TPSA) is 85.2 Å². The number of carbonyl (C=O) groups is 1. The van der Waals surface area contributed by atoms with Gasteiger partial charge in [0.05, 0.1) is 0 Å². The van der Waals surface area contributed by atoms with Crippen LogP contribution in [-0.4, -0.2) is 28.5 Å². The molecular formula is C12H16N4OS. The van der Waals surface area contributed by atoms with E-state index in [9.17, 15) is 4.79 Å². The fraction of sp³-hybridized carbons (Fsp3) is 0.417. The van der Waals surface area contributed by atoms with Crippen LogP contribution in [0.3, 0.4) is 0 Å². The maximum Gasteiger partial charge on any atom is 0.240 e. The Balaban J connectivity index is 2.23. The molecule has 18 heavy (non-hydrogen) atoms. The van der Waals surface area contributed by atoms with Gasteiger partial charge < -0.3 is 16.4 Å². The van der Waals surface area contributed by atoms with Crippen molar-refractivity contribution in [3.63, 3.8) is 0 Å². The Morgan fingerprint density at radius 1 is 1.39 bits per heavy atom. The Morgan fingerprint density at radius 2 is 2.17 bits per heavy atom. The molecule has 1 aliphatic rings. The van der Waals surface area contributed by atoms with E-state index in [-0.39, 0.29) is 11.9 Å². The molecule has 0 bridgehead atoms. The Hall–Kier alpha value is -1.69. The number of thiocarbonyl (C=S) groups is 1. The number of piperidine rings is 1. The molecule has 1 aromatic heterocycles. The van der Waals surface area contributed by atoms with Gasteiger partial charge in [0.15, 0.2) is 0 Å². The van der Waals surface area contributed by atoms with Crippen LogP contribution in [0.4, 0.5) is 5.82 Å². The summed E-state index contributed by atoms with van der Waals surface area (Å²) in [5, 5.41) is 0. The first-order valence-corrected chi connectivity index (χ1v) is 6.32. The maximum absolute atomic E-state index is 11.4. The van der Waals surface area contributed by atoms with Crippen molar-refractivity contribution in [3.8, 4) is 0 Å². The molecule has 0 saturated carbocycles. The molecule has 0 radical (unpaired) electrons. The van der Waals surface area contributed by atoms with Crippen LogP contribution in [0.5, 0.6) is 0 Å². The first-order valence-electron chi connectivity index (χ1n) is 5.91. The average Bonchev–Trinajstić information content (AvgIpc) is 2.39. The van der Waals surface area contributed by atoms with Crippen LogP contribution in [0.2, 0.25) is 0 Å². The summed E-state index contributed by atoms with van der Waals surface area (Å²) >= 11 is 4.88. The maximum atomic E-state index is 11.4. The van der Waals surface area contributed by atoms with Crippen LogP contribution in [0.1, 0.15) is 24.8 Å². The number of hydrogen-bond donors (Lipinski definition) is 2. The monoisotopic (exact) mass is 264 g/mol. The number of carbonyl (C=O) groups excluding carboxylic acids is 1. The summed E-state index contributed by atoms with van der Waals surface area (Å²) in [5.74, 6) is 0.452. The number of nitrogens with zero attached hydrogens (tertiary/aromatic N) is 2. The highest BCUT2D eigenvalue weighted by Crippen LogP contribution is 2.23. The molecule has 5 nitrogen and oxygen atoms in total. The van der Waals surface area contributed by atoms with Gasteiger partial charge in [-0.3, -0.25) is 4.79 Å². The number of anilines is 1. The van der Waals surface area contributed by atoms with Crippen molar-refractivity contribution in [2.75, 3.05) is 11.4 Å². The van der Waals surface area contributed by atoms with Gasteiger partial charge in [-0.1, -0.05) is 12.2 Å². The second kappa shape index (κ2) is 5.30. The number of pyridine rings is 1. The molecule has 0 aliphatic carbocycles. The number of nitrogens with two attached hydrogens (primary N) is 2. The van der Waals surface area contributed by atoms with E-state index < -0.39 is 0 Å². The number of rotatable bonds is 3. The van der Waals surface area contributed by atoms with Crippen LogP contribution in [-0.2, 0) is 4.79 Å². The summed E-state index contributed by atoms with van der Waals surface area (Å²) in [6, 6.07) is 3.38. The summed E-state index contributed by atoms with van der Waals surface area (Å²) in [6.07, 6.45) is 4.48. The molecule has 1 saturated heterocycles. The molecule has 2 heterocycles. The number of amides is 1. The molecule has 2 rings (SSSR count). The predicted molar refractivity (Wildman–Crippen MR) is 74.3 cm³/mol. The lowest BCUT2D eigenvalue weighted by Gasteiger charge is -2.34. The smallest absolute Gasteiger partial charge is 0.240 e. The first-order chi connectivity index (χ1) is 8.59. The van der Waals surface area contributed by atoms with Gasteiger partial charge in [0.2, 0.25) is 5.91 Å². The Kier molecular flexibility index (Phi) is 3.76. The Morgan fingerprint density at radius 3 is 2.72 bits per heavy atom. The Labute approximate surface area is 111 Å². The van der Waals surface area contributed by atoms with E-state index in [4.69, 9.17) is 23.7 Å². The van der Waals surface area contributed by atoms with Crippen LogP contribution in [0.25, 0.3) is 0 Å². The molecule has 4 N–H and O–H groups in total. The number of hydrogen-bond acceptors (Lipinski definition) is 4. The lowest BCUT2D eigenvalue weighted by molar-refractivity contribution is -0.119. The standard InChI is InChI=1S/C12H16N4OS/c13-11(17)9-3-1-2-6-16(9)10-5-4-8(7-15-10)12(14)18/h4-5,7,9H,1-3,6H2,(H2,13,17)(H2,14,18). The van der Waals surface area contributed by atoms with Gasteiger partial charge in [0.25, 0.3) is 0 Å². The molecule has 1 fully saturated rings. The van der Waals surface area contributed by atoms with Crippen molar-refractivity contribution in [1.29, 1.82) is 0 Å². The molecule has 1 aliphatic heterocycles. The van der Waals surface area contributed by atoms with Crippen molar-refractivity contribution in [1.82, 2.24) is 4.98 Å². The molecule has 1 amide bonds. The van der Waals surface area contributed by atoms with Crippen molar-refractivity contribution >= 4 is 28.9 Å². The quantitative estimate of drug-likeness (QED) is 0.779. The SMILES string of the molecule is NC(=O)C1CCCCN1c1ccc(C(N)=S)cn1. The zero-order valence-corrected chi connectivity index (χ0v) is 10.8. The minimum atomic E-state index is -0.296. The lowest BCUT2D eigenvalue weighted by atomic mass is 10.0. The van der Waals surface area contributed by atoms with E-state index >= 15 is 0 Å². The van der Waals surface area contributed by atoms with E-state index in [0.717, 1.165) is 37.2 Å². The average molecular weight is 264 g/mol. The second-order valence-electron chi connectivity index (χ2n) is 4.38. The molecule has 0 spiro atoms. The van der Waals surface area contributed by atoms with Crippen LogP contribution in [0, 0.1) is 0 Å². The predicted octanol–water partition coefficient (Wildman–Crippen LogP) is 0.560. The van der Waals surface area contributed by atoms with E-state index in [1.807, 2.05) is 17.0 Å². The van der Waals surface area contributed by atoms with E-state index in [1.54, 1.807) is 6.20 Å². The minimum Gasteiger partial charge on any atom is -0.389 e. The Bertz CT molecular complexity index is 460. The molecule has 96 valence electrons. The zero-order chi connectivity index (χ0) is 13.1. The zero-order valence-electron chi connectivity index (χ0n) is 10.0. The normalized spacial score (nSPS) is 19.6. The molecular weight excluding hydrogens is 248 g/mol. The third-order valence-electron chi connectivity index (χ3n) is 3.16. The molecule has 6 heteroatoms. The largest absolute Gasteiger partial charge is 0.389 e. The van der Waals surface area contributed by atoms with Gasteiger partial charge in [-0.2, -0.15) is 0 Å². The van der Waals surface area contributed by atoms with Gasteiger partial charge in [0, 0.05) is 18.3 Å². The summed E-state index contributed by atoms with van der Waals surface area (Å²) in [7, 11) is 0. The van der Waals surface area contributed by atoms with Crippen molar-refractivity contribution in [2.45, 2.75) is 25.3 Å². The van der Waals surface area contributed by atoms with Gasteiger partial charge >= 0.3 is 0 Å². The van der Waals surface area contributed by atoms with Gasteiger partial charge in [0.1, 0.15) is 16.8 Å². The van der Waals surface area contributed by atoms with E-state index in [2.05, 4.69) is 4.98 Å². The summed E-state index contributed by atoms with van der Waals surface area (Å²) < 4.78 is 0. The summed E-state index contributed by atoms with van der Waals surface area (Å²) in [6.45, 7) is 0.799. The molecule has 0 aromatic carbocycles. The lowest BCUT2D eigenvalue weighted by Crippen LogP contribution is -2.48. The molecule has 1 atom stereocenters. The highest BCUT2D eigenvalue weighted by molar-refractivity contribution is 7.80. The van der Waals surface area contributed by atoms with Crippen LogP contribution >= 0.6 is 12.2 Å². The highest BCUT2D eigenvalue weighted by atomic mass is 32.1. The van der Waals surface area contributed by atoms with Crippen LogP contribution < -0.4 is 16.4 Å². The van der Waals surface area contributed by atoms with Gasteiger partial charge in [-0.25, -0.2) is 4.98 Å². The third-order valence-corrected chi connectivity index (χ3v) is 3.39. The first kappa shape index (κ1) is 12.8. The minimum absolute atomic E-state index is 0.262. The van der Waals surface area contributed by atoms with Gasteiger partial charge in [-0.15, -0.1) is 0 Å². The fourth-order valence-electron chi connectivity index (χ4n) is 2.20. The highest BCUT2D eigenvalue weighted by Gasteiger charge is 2.27. The van der Waals surface area contributed by atoms with Crippen molar-refractivity contribution in [3.05, 3.63) is 23.9 Å². The molecule has 1 unspecified atom stereocenters. The summed E-state index contributed by atoms with van der Waals surface area (Å²) in [4.78, 5) is 18.0. The van der Waals surface area contributed by atoms with Gasteiger partial charge in [-0.05, 0) is 31.4 Å². The summed E-state index contributed by atoms with van der Waals surface area (Å²) in [5.41, 5.74) is 11.7. The van der Waals surface area contributed by atoms with Crippen LogP contribution in [0.15, 0.2) is 18.3 Å². The molecule has 1 aromatic rings. The van der Waals surface area contributed by atoms with Crippen molar-refractivity contribution in [2.24, 2.45) is 11.5 Å².